The Kier molecular flexibility index (Phi) is 6.10. The summed E-state index contributed by atoms with van der Waals surface area (Å²) in [6.45, 7) is 1.63. The highest BCUT2D eigenvalue weighted by molar-refractivity contribution is 5.92. The van der Waals surface area contributed by atoms with Gasteiger partial charge >= 0.3 is 5.97 Å². The van der Waals surface area contributed by atoms with Gasteiger partial charge in [0.05, 0.1) is 16.9 Å². The number of anilines is 2. The van der Waals surface area contributed by atoms with Crippen molar-refractivity contribution in [3.8, 4) is 0 Å². The van der Waals surface area contributed by atoms with Gasteiger partial charge in [-0.15, -0.1) is 24.8 Å². The van der Waals surface area contributed by atoms with Gasteiger partial charge in [0.1, 0.15) is 0 Å². The first kappa shape index (κ1) is 15.3. The number of rotatable bonds is 1. The predicted molar refractivity (Wildman–Crippen MR) is 61.5 cm³/mol. The van der Waals surface area contributed by atoms with Crippen LogP contribution < -0.4 is 11.5 Å². The largest absolute Gasteiger partial charge is 0.478 e. The Balaban J connectivity index is 0. The van der Waals surface area contributed by atoms with Crippen molar-refractivity contribution in [3.63, 3.8) is 0 Å². The number of nitrogens with two attached hydrogens (primary N) is 2. The summed E-state index contributed by atoms with van der Waals surface area (Å²) in [5.74, 6) is -0.987. The summed E-state index contributed by atoms with van der Waals surface area (Å²) in [4.78, 5) is 10.6. The van der Waals surface area contributed by atoms with Crippen LogP contribution in [0, 0.1) is 6.92 Å². The van der Waals surface area contributed by atoms with Gasteiger partial charge in [-0.2, -0.15) is 0 Å². The summed E-state index contributed by atoms with van der Waals surface area (Å²) in [5.41, 5.74) is 12.5. The molecule has 0 aliphatic carbocycles. The Morgan fingerprint density at radius 2 is 1.79 bits per heavy atom. The van der Waals surface area contributed by atoms with Crippen LogP contribution in [0.2, 0.25) is 0 Å². The van der Waals surface area contributed by atoms with E-state index in [1.54, 1.807) is 6.92 Å². The van der Waals surface area contributed by atoms with Crippen molar-refractivity contribution in [3.05, 3.63) is 23.3 Å². The van der Waals surface area contributed by atoms with E-state index in [-0.39, 0.29) is 30.4 Å². The first-order valence-corrected chi connectivity index (χ1v) is 3.42. The number of benzene rings is 1. The molecule has 0 unspecified atom stereocenters. The molecular weight excluding hydrogens is 227 g/mol. The number of aromatic carboxylic acids is 1. The second kappa shape index (κ2) is 5.57. The first-order valence-electron chi connectivity index (χ1n) is 3.42. The molecule has 6 heteroatoms. The van der Waals surface area contributed by atoms with E-state index >= 15 is 0 Å². The van der Waals surface area contributed by atoms with Crippen LogP contribution in [0.3, 0.4) is 0 Å². The average molecular weight is 239 g/mol. The fourth-order valence-electron chi connectivity index (χ4n) is 0.981. The molecule has 0 saturated carbocycles. The molecule has 14 heavy (non-hydrogen) atoms. The zero-order valence-corrected chi connectivity index (χ0v) is 9.11. The smallest absolute Gasteiger partial charge is 0.336 e. The molecule has 4 nitrogen and oxygen atoms in total. The van der Waals surface area contributed by atoms with E-state index in [2.05, 4.69) is 0 Å². The maximum atomic E-state index is 10.6. The summed E-state index contributed by atoms with van der Waals surface area (Å²) in [5, 5.41) is 8.68. The van der Waals surface area contributed by atoms with Crippen LogP contribution in [-0.2, 0) is 0 Å². The molecule has 0 heterocycles. The molecule has 1 aromatic carbocycles. The third-order valence-electron chi connectivity index (χ3n) is 1.78. The van der Waals surface area contributed by atoms with Crippen molar-refractivity contribution in [2.45, 2.75) is 6.92 Å². The maximum Gasteiger partial charge on any atom is 0.336 e. The highest BCUT2D eigenvalue weighted by Gasteiger charge is 2.09. The average Bonchev–Trinajstić information content (AvgIpc) is 2.00. The topological polar surface area (TPSA) is 89.3 Å². The van der Waals surface area contributed by atoms with Gasteiger partial charge in [-0.1, -0.05) is 0 Å². The van der Waals surface area contributed by atoms with Crippen LogP contribution in [0.5, 0.6) is 0 Å². The summed E-state index contributed by atoms with van der Waals surface area (Å²) < 4.78 is 0. The van der Waals surface area contributed by atoms with Gasteiger partial charge in [0.2, 0.25) is 0 Å². The molecule has 0 atom stereocenters. The van der Waals surface area contributed by atoms with E-state index in [9.17, 15) is 4.79 Å². The molecule has 0 radical (unpaired) electrons. The van der Waals surface area contributed by atoms with Crippen molar-refractivity contribution in [1.82, 2.24) is 0 Å². The zero-order valence-electron chi connectivity index (χ0n) is 7.48. The van der Waals surface area contributed by atoms with Crippen molar-refractivity contribution in [2.75, 3.05) is 11.5 Å². The zero-order chi connectivity index (χ0) is 9.30. The van der Waals surface area contributed by atoms with Crippen molar-refractivity contribution in [2.24, 2.45) is 0 Å². The van der Waals surface area contributed by atoms with E-state index in [0.29, 0.717) is 16.9 Å². The van der Waals surface area contributed by atoms with Crippen LogP contribution >= 0.6 is 24.8 Å². The maximum absolute atomic E-state index is 10.6. The Morgan fingerprint density at radius 3 is 2.21 bits per heavy atom. The Hall–Kier alpha value is -1.13. The lowest BCUT2D eigenvalue weighted by molar-refractivity contribution is 0.0696. The van der Waals surface area contributed by atoms with Gasteiger partial charge in [-0.05, 0) is 24.6 Å². The number of nitrogen functional groups attached to an aromatic ring is 2. The van der Waals surface area contributed by atoms with Crippen LogP contribution in [0.15, 0.2) is 12.1 Å². The number of halogens is 2. The van der Waals surface area contributed by atoms with Gasteiger partial charge in [-0.3, -0.25) is 0 Å². The quantitative estimate of drug-likeness (QED) is 0.650. The minimum absolute atomic E-state index is 0. The van der Waals surface area contributed by atoms with E-state index in [1.165, 1.54) is 12.1 Å². The van der Waals surface area contributed by atoms with Crippen molar-refractivity contribution >= 4 is 42.2 Å². The minimum Gasteiger partial charge on any atom is -0.478 e. The third kappa shape index (κ3) is 2.68. The molecule has 0 aliphatic heterocycles. The molecule has 1 rings (SSSR count). The van der Waals surface area contributed by atoms with Crippen molar-refractivity contribution in [1.29, 1.82) is 0 Å². The second-order valence-electron chi connectivity index (χ2n) is 2.55. The lowest BCUT2D eigenvalue weighted by Gasteiger charge is -2.06. The van der Waals surface area contributed by atoms with E-state index in [0.717, 1.165) is 0 Å². The molecule has 1 aromatic rings. The van der Waals surface area contributed by atoms with Crippen LogP contribution in [0.4, 0.5) is 11.4 Å². The van der Waals surface area contributed by atoms with Gasteiger partial charge < -0.3 is 16.6 Å². The normalized spacial score (nSPS) is 8.36. The van der Waals surface area contributed by atoms with Gasteiger partial charge in [0.15, 0.2) is 0 Å². The van der Waals surface area contributed by atoms with Crippen LogP contribution in [0.25, 0.3) is 0 Å². The SMILES string of the molecule is Cc1c(C(=O)O)ccc(N)c1N.Cl.Cl. The minimum atomic E-state index is -0.987. The van der Waals surface area contributed by atoms with Gasteiger partial charge in [0.25, 0.3) is 0 Å². The Morgan fingerprint density at radius 1 is 1.29 bits per heavy atom. The predicted octanol–water partition coefficient (Wildman–Crippen LogP) is 1.70. The van der Waals surface area contributed by atoms with Gasteiger partial charge in [0, 0.05) is 0 Å². The molecular formula is C8H12Cl2N2O2. The van der Waals surface area contributed by atoms with Gasteiger partial charge in [-0.25, -0.2) is 4.79 Å². The Labute approximate surface area is 94.1 Å². The molecule has 0 fully saturated rings. The highest BCUT2D eigenvalue weighted by atomic mass is 35.5. The molecule has 0 bridgehead atoms. The second-order valence-corrected chi connectivity index (χ2v) is 2.55. The molecule has 80 valence electrons. The van der Waals surface area contributed by atoms with Crippen LogP contribution in [0.1, 0.15) is 15.9 Å². The molecule has 0 aromatic heterocycles. The summed E-state index contributed by atoms with van der Waals surface area (Å²) in [6, 6.07) is 2.94. The van der Waals surface area contributed by atoms with E-state index in [1.807, 2.05) is 0 Å². The number of hydrogen-bond acceptors (Lipinski definition) is 3. The van der Waals surface area contributed by atoms with Crippen molar-refractivity contribution < 1.29 is 9.90 Å². The summed E-state index contributed by atoms with van der Waals surface area (Å²) >= 11 is 0. The molecule has 0 amide bonds. The summed E-state index contributed by atoms with van der Waals surface area (Å²) in [6.07, 6.45) is 0. The fourth-order valence-corrected chi connectivity index (χ4v) is 0.981. The number of carboxylic acids is 1. The first-order chi connectivity index (χ1) is 5.54. The standard InChI is InChI=1S/C8H10N2O2.2ClH/c1-4-5(8(11)12)2-3-6(9)7(4)10;;/h2-3H,9-10H2,1H3,(H,11,12);2*1H. The fraction of sp³-hybridized carbons (Fsp3) is 0.125. The highest BCUT2D eigenvalue weighted by Crippen LogP contribution is 2.22. The third-order valence-corrected chi connectivity index (χ3v) is 1.78. The Bertz CT molecular complexity index is 342. The number of hydrogen-bond donors (Lipinski definition) is 3. The van der Waals surface area contributed by atoms with E-state index in [4.69, 9.17) is 16.6 Å². The molecule has 0 aliphatic rings. The molecule has 0 spiro atoms. The molecule has 5 N–H and O–H groups in total. The molecule has 0 saturated heterocycles. The lowest BCUT2D eigenvalue weighted by Crippen LogP contribution is -2.05. The number of carboxylic acid groups (broad SMARTS) is 1. The monoisotopic (exact) mass is 238 g/mol. The lowest BCUT2D eigenvalue weighted by atomic mass is 10.1. The van der Waals surface area contributed by atoms with E-state index < -0.39 is 5.97 Å². The number of carbonyl (C=O) groups is 1. The summed E-state index contributed by atoms with van der Waals surface area (Å²) in [7, 11) is 0. The van der Waals surface area contributed by atoms with Crippen LogP contribution in [-0.4, -0.2) is 11.1 Å².